The van der Waals surface area contributed by atoms with Gasteiger partial charge in [-0.1, -0.05) is 26.8 Å². The third-order valence-corrected chi connectivity index (χ3v) is 3.31. The standard InChI is InChI=1S/C15H22F3NO/c1-4-11-7-12(5-6-14(2,3)10-19)9-13(8-11)20-15(16,17)18/h7-9H,4-6,10,19H2,1-3H3. The Morgan fingerprint density at radius 1 is 1.10 bits per heavy atom. The summed E-state index contributed by atoms with van der Waals surface area (Å²) >= 11 is 0. The molecule has 0 atom stereocenters. The van der Waals surface area contributed by atoms with Gasteiger partial charge in [0.25, 0.3) is 0 Å². The fourth-order valence-corrected chi connectivity index (χ4v) is 1.85. The summed E-state index contributed by atoms with van der Waals surface area (Å²) in [5, 5.41) is 0. The van der Waals surface area contributed by atoms with Gasteiger partial charge < -0.3 is 10.5 Å². The smallest absolute Gasteiger partial charge is 0.406 e. The SMILES string of the molecule is CCc1cc(CCC(C)(C)CN)cc(OC(F)(F)F)c1. The zero-order valence-corrected chi connectivity index (χ0v) is 12.2. The molecule has 114 valence electrons. The molecule has 1 aromatic carbocycles. The quantitative estimate of drug-likeness (QED) is 0.857. The number of hydrogen-bond donors (Lipinski definition) is 1. The highest BCUT2D eigenvalue weighted by Gasteiger charge is 2.31. The normalized spacial score (nSPS) is 12.6. The average molecular weight is 289 g/mol. The molecule has 0 spiro atoms. The molecule has 0 bridgehead atoms. The van der Waals surface area contributed by atoms with Crippen molar-refractivity contribution >= 4 is 0 Å². The van der Waals surface area contributed by atoms with E-state index in [1.165, 1.54) is 12.1 Å². The maximum atomic E-state index is 12.3. The van der Waals surface area contributed by atoms with Crippen molar-refractivity contribution in [1.29, 1.82) is 0 Å². The van der Waals surface area contributed by atoms with E-state index in [1.54, 1.807) is 0 Å². The van der Waals surface area contributed by atoms with Gasteiger partial charge in [0.05, 0.1) is 0 Å². The number of alkyl halides is 3. The first-order valence-corrected chi connectivity index (χ1v) is 6.74. The van der Waals surface area contributed by atoms with Crippen LogP contribution in [0.2, 0.25) is 0 Å². The Bertz CT molecular complexity index is 441. The highest BCUT2D eigenvalue weighted by atomic mass is 19.4. The maximum absolute atomic E-state index is 12.3. The zero-order chi connectivity index (χ0) is 15.4. The van der Waals surface area contributed by atoms with E-state index < -0.39 is 6.36 Å². The largest absolute Gasteiger partial charge is 0.573 e. The summed E-state index contributed by atoms with van der Waals surface area (Å²) in [6, 6.07) is 4.82. The minimum absolute atomic E-state index is 0.0206. The Balaban J connectivity index is 2.88. The topological polar surface area (TPSA) is 35.2 Å². The molecule has 0 aliphatic rings. The van der Waals surface area contributed by atoms with Crippen molar-refractivity contribution in [2.24, 2.45) is 11.1 Å². The van der Waals surface area contributed by atoms with Crippen LogP contribution in [0.25, 0.3) is 0 Å². The van der Waals surface area contributed by atoms with Gasteiger partial charge in [-0.25, -0.2) is 0 Å². The van der Waals surface area contributed by atoms with E-state index in [0.29, 0.717) is 19.4 Å². The van der Waals surface area contributed by atoms with Crippen LogP contribution < -0.4 is 10.5 Å². The molecule has 0 heterocycles. The molecule has 2 N–H and O–H groups in total. The summed E-state index contributed by atoms with van der Waals surface area (Å²) in [6.07, 6.45) is -2.48. The maximum Gasteiger partial charge on any atom is 0.573 e. The lowest BCUT2D eigenvalue weighted by molar-refractivity contribution is -0.274. The average Bonchev–Trinajstić information content (AvgIpc) is 2.34. The van der Waals surface area contributed by atoms with Gasteiger partial charge in [0.1, 0.15) is 5.75 Å². The Kier molecular flexibility index (Phi) is 5.45. The van der Waals surface area contributed by atoms with E-state index in [1.807, 2.05) is 26.8 Å². The van der Waals surface area contributed by atoms with E-state index in [2.05, 4.69) is 4.74 Å². The van der Waals surface area contributed by atoms with Gasteiger partial charge in [0.2, 0.25) is 0 Å². The van der Waals surface area contributed by atoms with Crippen molar-refractivity contribution in [2.45, 2.75) is 46.4 Å². The molecule has 0 fully saturated rings. The first-order chi connectivity index (χ1) is 9.15. The predicted octanol–water partition coefficient (Wildman–Crippen LogP) is 4.07. The minimum atomic E-state index is -4.65. The fraction of sp³-hybridized carbons (Fsp3) is 0.600. The molecule has 0 saturated heterocycles. The van der Waals surface area contributed by atoms with Crippen molar-refractivity contribution in [3.8, 4) is 5.75 Å². The Morgan fingerprint density at radius 2 is 1.70 bits per heavy atom. The van der Waals surface area contributed by atoms with E-state index in [-0.39, 0.29) is 11.2 Å². The minimum Gasteiger partial charge on any atom is -0.406 e. The van der Waals surface area contributed by atoms with E-state index in [4.69, 9.17) is 5.73 Å². The van der Waals surface area contributed by atoms with Gasteiger partial charge >= 0.3 is 6.36 Å². The van der Waals surface area contributed by atoms with Crippen LogP contribution in [-0.2, 0) is 12.8 Å². The van der Waals surface area contributed by atoms with Crippen molar-refractivity contribution in [3.63, 3.8) is 0 Å². The molecule has 1 aromatic rings. The number of nitrogens with two attached hydrogens (primary N) is 1. The number of rotatable bonds is 6. The predicted molar refractivity (Wildman–Crippen MR) is 73.7 cm³/mol. The van der Waals surface area contributed by atoms with Crippen molar-refractivity contribution in [2.75, 3.05) is 6.54 Å². The van der Waals surface area contributed by atoms with Gasteiger partial charge in [-0.3, -0.25) is 0 Å². The first kappa shape index (κ1) is 16.8. The zero-order valence-electron chi connectivity index (χ0n) is 12.2. The van der Waals surface area contributed by atoms with Crippen LogP contribution in [0.1, 0.15) is 38.3 Å². The molecule has 0 saturated carbocycles. The third-order valence-electron chi connectivity index (χ3n) is 3.31. The second kappa shape index (κ2) is 6.48. The van der Waals surface area contributed by atoms with Crippen LogP contribution in [0.4, 0.5) is 13.2 Å². The van der Waals surface area contributed by atoms with Gasteiger partial charge in [0.15, 0.2) is 0 Å². The Labute approximate surface area is 118 Å². The molecule has 20 heavy (non-hydrogen) atoms. The number of aryl methyl sites for hydroxylation is 2. The summed E-state index contributed by atoms with van der Waals surface area (Å²) in [6.45, 7) is 6.54. The summed E-state index contributed by atoms with van der Waals surface area (Å²) in [5.41, 5.74) is 7.34. The van der Waals surface area contributed by atoms with Gasteiger partial charge in [-0.15, -0.1) is 13.2 Å². The fourth-order valence-electron chi connectivity index (χ4n) is 1.85. The molecule has 1 rings (SSSR count). The van der Waals surface area contributed by atoms with Crippen LogP contribution in [0, 0.1) is 5.41 Å². The van der Waals surface area contributed by atoms with Crippen LogP contribution in [0.15, 0.2) is 18.2 Å². The summed E-state index contributed by atoms with van der Waals surface area (Å²) in [7, 11) is 0. The molecule has 5 heteroatoms. The highest BCUT2D eigenvalue weighted by molar-refractivity contribution is 5.35. The van der Waals surface area contributed by atoms with Gasteiger partial charge in [-0.05, 0) is 54.5 Å². The summed E-state index contributed by atoms with van der Waals surface area (Å²) < 4.78 is 40.9. The second-order valence-corrected chi connectivity index (χ2v) is 5.75. The Hall–Kier alpha value is -1.23. The lowest BCUT2D eigenvalue weighted by Crippen LogP contribution is -2.24. The van der Waals surface area contributed by atoms with E-state index in [0.717, 1.165) is 17.5 Å². The second-order valence-electron chi connectivity index (χ2n) is 5.75. The molecular formula is C15H22F3NO. The lowest BCUT2D eigenvalue weighted by Gasteiger charge is -2.22. The van der Waals surface area contributed by atoms with Gasteiger partial charge in [0, 0.05) is 0 Å². The van der Waals surface area contributed by atoms with Crippen molar-refractivity contribution in [3.05, 3.63) is 29.3 Å². The summed E-state index contributed by atoms with van der Waals surface area (Å²) in [5.74, 6) is -0.141. The van der Waals surface area contributed by atoms with E-state index >= 15 is 0 Å². The van der Waals surface area contributed by atoms with Crippen LogP contribution in [0.5, 0.6) is 5.75 Å². The number of hydrogen-bond acceptors (Lipinski definition) is 2. The first-order valence-electron chi connectivity index (χ1n) is 6.74. The van der Waals surface area contributed by atoms with Crippen LogP contribution in [-0.4, -0.2) is 12.9 Å². The highest BCUT2D eigenvalue weighted by Crippen LogP contribution is 2.27. The molecule has 0 aliphatic heterocycles. The number of halogens is 3. The van der Waals surface area contributed by atoms with E-state index in [9.17, 15) is 13.2 Å². The molecule has 0 aliphatic carbocycles. The molecule has 2 nitrogen and oxygen atoms in total. The van der Waals surface area contributed by atoms with Crippen molar-refractivity contribution < 1.29 is 17.9 Å². The number of benzene rings is 1. The molecule has 0 aromatic heterocycles. The van der Waals surface area contributed by atoms with Gasteiger partial charge in [-0.2, -0.15) is 0 Å². The monoisotopic (exact) mass is 289 g/mol. The molecule has 0 radical (unpaired) electrons. The third kappa shape index (κ3) is 5.82. The van der Waals surface area contributed by atoms with Crippen LogP contribution in [0.3, 0.4) is 0 Å². The summed E-state index contributed by atoms with van der Waals surface area (Å²) in [4.78, 5) is 0. The Morgan fingerprint density at radius 3 is 2.20 bits per heavy atom. The molecular weight excluding hydrogens is 267 g/mol. The lowest BCUT2D eigenvalue weighted by atomic mass is 9.86. The molecule has 0 unspecified atom stereocenters. The number of ether oxygens (including phenoxy) is 1. The molecule has 0 amide bonds. The van der Waals surface area contributed by atoms with Crippen LogP contribution >= 0.6 is 0 Å². The van der Waals surface area contributed by atoms with Crippen molar-refractivity contribution in [1.82, 2.24) is 0 Å².